The number of benzene rings is 1. The zero-order valence-electron chi connectivity index (χ0n) is 13.0. The van der Waals surface area contributed by atoms with Crippen LogP contribution in [-0.2, 0) is 0 Å². The van der Waals surface area contributed by atoms with E-state index in [1.807, 2.05) is 37.3 Å². The molecule has 1 amide bonds. The first kappa shape index (κ1) is 14.8. The Morgan fingerprint density at radius 1 is 1.09 bits per heavy atom. The van der Waals surface area contributed by atoms with Crippen LogP contribution in [0.1, 0.15) is 54.7 Å². The zero-order valence-corrected chi connectivity index (χ0v) is 13.0. The third-order valence-electron chi connectivity index (χ3n) is 4.17. The highest BCUT2D eigenvalue weighted by atomic mass is 16.2. The molecule has 5 nitrogen and oxygen atoms in total. The second kappa shape index (κ2) is 6.73. The number of nitrogens with one attached hydrogen (secondary N) is 1. The lowest BCUT2D eigenvalue weighted by Gasteiger charge is -2.15. The van der Waals surface area contributed by atoms with Gasteiger partial charge in [-0.25, -0.2) is 0 Å². The number of aryl methyl sites for hydroxylation is 1. The van der Waals surface area contributed by atoms with Gasteiger partial charge in [0.1, 0.15) is 0 Å². The van der Waals surface area contributed by atoms with Crippen LogP contribution in [0.2, 0.25) is 0 Å². The summed E-state index contributed by atoms with van der Waals surface area (Å²) in [5.41, 5.74) is 1.95. The normalized spacial score (nSPS) is 16.2. The molecule has 1 aromatic heterocycles. The highest BCUT2D eigenvalue weighted by molar-refractivity contribution is 5.93. The van der Waals surface area contributed by atoms with Crippen LogP contribution < -0.4 is 5.32 Å². The monoisotopic (exact) mass is 298 g/mol. The van der Waals surface area contributed by atoms with Crippen molar-refractivity contribution in [1.29, 1.82) is 0 Å². The van der Waals surface area contributed by atoms with Crippen molar-refractivity contribution < 1.29 is 4.79 Å². The van der Waals surface area contributed by atoms with E-state index in [4.69, 9.17) is 0 Å². The van der Waals surface area contributed by atoms with Gasteiger partial charge in [0.25, 0.3) is 5.91 Å². The molecule has 22 heavy (non-hydrogen) atoms. The standard InChI is InChI=1S/C17H22N4O/c1-13-16(17(22)18-14-9-5-2-3-6-10-14)20-21(19-13)15-11-7-4-8-12-15/h4,7-8,11-12,14H,2-3,5-6,9-10H2,1H3,(H,18,22). The Morgan fingerprint density at radius 2 is 1.77 bits per heavy atom. The highest BCUT2D eigenvalue weighted by Gasteiger charge is 2.20. The van der Waals surface area contributed by atoms with Gasteiger partial charge in [-0.3, -0.25) is 4.79 Å². The van der Waals surface area contributed by atoms with Crippen LogP contribution in [0, 0.1) is 6.92 Å². The van der Waals surface area contributed by atoms with Gasteiger partial charge < -0.3 is 5.32 Å². The molecule has 0 spiro atoms. The molecular weight excluding hydrogens is 276 g/mol. The minimum Gasteiger partial charge on any atom is -0.348 e. The molecule has 0 saturated heterocycles. The maximum atomic E-state index is 12.5. The minimum absolute atomic E-state index is 0.105. The van der Waals surface area contributed by atoms with E-state index >= 15 is 0 Å². The summed E-state index contributed by atoms with van der Waals surface area (Å²) in [4.78, 5) is 14.0. The minimum atomic E-state index is -0.105. The number of rotatable bonds is 3. The lowest BCUT2D eigenvalue weighted by atomic mass is 10.1. The van der Waals surface area contributed by atoms with Gasteiger partial charge in [-0.15, -0.1) is 5.10 Å². The van der Waals surface area contributed by atoms with Gasteiger partial charge in [-0.1, -0.05) is 43.9 Å². The van der Waals surface area contributed by atoms with Crippen LogP contribution in [0.3, 0.4) is 0 Å². The van der Waals surface area contributed by atoms with Crippen LogP contribution in [-0.4, -0.2) is 26.9 Å². The predicted octanol–water partition coefficient (Wildman–Crippen LogP) is 3.03. The van der Waals surface area contributed by atoms with Crippen molar-refractivity contribution >= 4 is 5.91 Å². The molecule has 1 aromatic carbocycles. The SMILES string of the molecule is Cc1nn(-c2ccccc2)nc1C(=O)NC1CCCCCC1. The Morgan fingerprint density at radius 3 is 2.45 bits per heavy atom. The Balaban J connectivity index is 1.74. The van der Waals surface area contributed by atoms with E-state index in [0.717, 1.165) is 18.5 Å². The van der Waals surface area contributed by atoms with Gasteiger partial charge in [0.2, 0.25) is 0 Å². The quantitative estimate of drug-likeness (QED) is 0.886. The summed E-state index contributed by atoms with van der Waals surface area (Å²) in [6.07, 6.45) is 7.07. The molecule has 0 bridgehead atoms. The summed E-state index contributed by atoms with van der Waals surface area (Å²) < 4.78 is 0. The number of carbonyl (C=O) groups is 1. The van der Waals surface area contributed by atoms with Crippen molar-refractivity contribution in [1.82, 2.24) is 20.3 Å². The molecule has 0 radical (unpaired) electrons. The molecule has 1 fully saturated rings. The first-order valence-corrected chi connectivity index (χ1v) is 8.04. The topological polar surface area (TPSA) is 59.8 Å². The van der Waals surface area contributed by atoms with E-state index in [-0.39, 0.29) is 11.9 Å². The van der Waals surface area contributed by atoms with Crippen molar-refractivity contribution in [3.05, 3.63) is 41.7 Å². The largest absolute Gasteiger partial charge is 0.348 e. The summed E-state index contributed by atoms with van der Waals surface area (Å²) in [6.45, 7) is 1.83. The third kappa shape index (κ3) is 3.35. The van der Waals surface area contributed by atoms with Gasteiger partial charge in [-0.2, -0.15) is 9.90 Å². The summed E-state index contributed by atoms with van der Waals surface area (Å²) in [5.74, 6) is -0.105. The Bertz CT molecular complexity index is 627. The fraction of sp³-hybridized carbons (Fsp3) is 0.471. The molecule has 2 aromatic rings. The van der Waals surface area contributed by atoms with E-state index < -0.39 is 0 Å². The lowest BCUT2D eigenvalue weighted by Crippen LogP contribution is -2.35. The maximum absolute atomic E-state index is 12.5. The third-order valence-corrected chi connectivity index (χ3v) is 4.17. The summed E-state index contributed by atoms with van der Waals surface area (Å²) >= 11 is 0. The number of hydrogen-bond acceptors (Lipinski definition) is 3. The molecule has 1 N–H and O–H groups in total. The lowest BCUT2D eigenvalue weighted by molar-refractivity contribution is 0.0927. The first-order valence-electron chi connectivity index (χ1n) is 8.04. The van der Waals surface area contributed by atoms with Crippen LogP contribution in [0.5, 0.6) is 0 Å². The molecule has 116 valence electrons. The van der Waals surface area contributed by atoms with Crippen molar-refractivity contribution in [2.45, 2.75) is 51.5 Å². The van der Waals surface area contributed by atoms with Gasteiger partial charge in [0.15, 0.2) is 5.69 Å². The summed E-state index contributed by atoms with van der Waals surface area (Å²) in [5, 5.41) is 11.8. The van der Waals surface area contributed by atoms with Crippen molar-refractivity contribution in [3.8, 4) is 5.69 Å². The maximum Gasteiger partial charge on any atom is 0.273 e. The predicted molar refractivity (Wildman–Crippen MR) is 85.1 cm³/mol. The zero-order chi connectivity index (χ0) is 15.4. The fourth-order valence-corrected chi connectivity index (χ4v) is 2.94. The Hall–Kier alpha value is -2.17. The van der Waals surface area contributed by atoms with Crippen molar-refractivity contribution in [2.24, 2.45) is 0 Å². The number of aromatic nitrogens is 3. The number of nitrogens with zero attached hydrogens (tertiary/aromatic N) is 3. The van der Waals surface area contributed by atoms with Gasteiger partial charge in [0.05, 0.1) is 11.4 Å². The molecule has 3 rings (SSSR count). The van der Waals surface area contributed by atoms with Crippen molar-refractivity contribution in [3.63, 3.8) is 0 Å². The molecule has 5 heteroatoms. The molecule has 1 saturated carbocycles. The van der Waals surface area contributed by atoms with Crippen molar-refractivity contribution in [2.75, 3.05) is 0 Å². The molecule has 1 heterocycles. The molecule has 1 aliphatic carbocycles. The Kier molecular flexibility index (Phi) is 4.51. The number of hydrogen-bond donors (Lipinski definition) is 1. The second-order valence-corrected chi connectivity index (χ2v) is 5.92. The second-order valence-electron chi connectivity index (χ2n) is 5.92. The van der Waals surface area contributed by atoms with Crippen LogP contribution in [0.15, 0.2) is 30.3 Å². The summed E-state index contributed by atoms with van der Waals surface area (Å²) in [6, 6.07) is 9.92. The molecule has 0 atom stereocenters. The number of amides is 1. The smallest absolute Gasteiger partial charge is 0.273 e. The average Bonchev–Trinajstić information content (AvgIpc) is 2.75. The van der Waals surface area contributed by atoms with E-state index in [1.54, 1.807) is 0 Å². The highest BCUT2D eigenvalue weighted by Crippen LogP contribution is 2.18. The average molecular weight is 298 g/mol. The van der Waals surface area contributed by atoms with E-state index in [9.17, 15) is 4.79 Å². The fourth-order valence-electron chi connectivity index (χ4n) is 2.94. The number of carbonyl (C=O) groups excluding carboxylic acids is 1. The Labute approximate surface area is 130 Å². The van der Waals surface area contributed by atoms with Gasteiger partial charge in [0, 0.05) is 6.04 Å². The van der Waals surface area contributed by atoms with Gasteiger partial charge in [-0.05, 0) is 31.9 Å². The first-order chi connectivity index (χ1) is 10.7. The molecule has 0 unspecified atom stereocenters. The summed E-state index contributed by atoms with van der Waals surface area (Å²) in [7, 11) is 0. The molecular formula is C17H22N4O. The number of para-hydroxylation sites is 1. The van der Waals surface area contributed by atoms with Crippen LogP contribution in [0.25, 0.3) is 5.69 Å². The molecule has 1 aliphatic rings. The van der Waals surface area contributed by atoms with Crippen LogP contribution >= 0.6 is 0 Å². The molecule has 0 aliphatic heterocycles. The van der Waals surface area contributed by atoms with Crippen LogP contribution in [0.4, 0.5) is 0 Å². The van der Waals surface area contributed by atoms with E-state index in [0.29, 0.717) is 11.4 Å². The van der Waals surface area contributed by atoms with E-state index in [2.05, 4.69) is 15.5 Å². The van der Waals surface area contributed by atoms with E-state index in [1.165, 1.54) is 30.5 Å². The van der Waals surface area contributed by atoms with Gasteiger partial charge >= 0.3 is 0 Å².